The molecule has 0 N–H and O–H groups in total. The van der Waals surface area contributed by atoms with E-state index in [9.17, 15) is 8.42 Å². The van der Waals surface area contributed by atoms with Crippen LogP contribution < -0.4 is 0 Å². The number of nitrogens with zero attached hydrogens (tertiary/aromatic N) is 1. The molecule has 1 aliphatic heterocycles. The molecule has 0 spiro atoms. The van der Waals surface area contributed by atoms with E-state index in [1.54, 1.807) is 0 Å². The number of ether oxygens (including phenoxy) is 1. The maximum atomic E-state index is 11.1. The van der Waals surface area contributed by atoms with Crippen LogP contribution >= 0.6 is 0 Å². The Labute approximate surface area is 73.6 Å². The highest BCUT2D eigenvalue weighted by molar-refractivity contribution is 7.88. The Morgan fingerprint density at radius 2 is 2.25 bits per heavy atom. The van der Waals surface area contributed by atoms with Crippen molar-refractivity contribution in [2.75, 3.05) is 26.0 Å². The zero-order chi connectivity index (χ0) is 9.19. The van der Waals surface area contributed by atoms with E-state index in [4.69, 9.17) is 4.74 Å². The number of sulfonamides is 1. The van der Waals surface area contributed by atoms with Crippen molar-refractivity contribution in [1.82, 2.24) is 4.31 Å². The fourth-order valence-electron chi connectivity index (χ4n) is 1.37. The molecule has 4 nitrogen and oxygen atoms in total. The van der Waals surface area contributed by atoms with E-state index in [1.165, 1.54) is 10.6 Å². The van der Waals surface area contributed by atoms with Crippen LogP contribution in [0.5, 0.6) is 0 Å². The predicted molar refractivity (Wildman–Crippen MR) is 46.4 cm³/mol. The summed E-state index contributed by atoms with van der Waals surface area (Å²) < 4.78 is 28.9. The van der Waals surface area contributed by atoms with Crippen molar-refractivity contribution in [3.63, 3.8) is 0 Å². The van der Waals surface area contributed by atoms with E-state index in [2.05, 4.69) is 0 Å². The largest absolute Gasteiger partial charge is 0.377 e. The van der Waals surface area contributed by atoms with Gasteiger partial charge in [-0.1, -0.05) is 0 Å². The van der Waals surface area contributed by atoms with Gasteiger partial charge in [-0.15, -0.1) is 0 Å². The fraction of sp³-hybridized carbons (Fsp3) is 1.00. The van der Waals surface area contributed by atoms with Crippen LogP contribution in [-0.4, -0.2) is 44.8 Å². The van der Waals surface area contributed by atoms with Crippen LogP contribution in [0.1, 0.15) is 13.3 Å². The lowest BCUT2D eigenvalue weighted by molar-refractivity contribution is 0.0738. The van der Waals surface area contributed by atoms with Gasteiger partial charge in [-0.25, -0.2) is 8.42 Å². The zero-order valence-corrected chi connectivity index (χ0v) is 8.30. The first-order valence-corrected chi connectivity index (χ1v) is 5.95. The Hall–Kier alpha value is -0.130. The summed E-state index contributed by atoms with van der Waals surface area (Å²) in [6.45, 7) is 3.70. The highest BCUT2D eigenvalue weighted by Gasteiger charge is 2.28. The van der Waals surface area contributed by atoms with Crippen LogP contribution in [0.2, 0.25) is 0 Å². The molecule has 0 radical (unpaired) electrons. The van der Waals surface area contributed by atoms with Crippen LogP contribution in [0.25, 0.3) is 0 Å². The van der Waals surface area contributed by atoms with Crippen molar-refractivity contribution in [2.45, 2.75) is 19.4 Å². The maximum Gasteiger partial charge on any atom is 0.211 e. The average Bonchev–Trinajstić information content (AvgIpc) is 2.35. The molecule has 72 valence electrons. The van der Waals surface area contributed by atoms with Crippen LogP contribution in [0.4, 0.5) is 0 Å². The van der Waals surface area contributed by atoms with Crippen molar-refractivity contribution in [3.05, 3.63) is 0 Å². The van der Waals surface area contributed by atoms with Gasteiger partial charge >= 0.3 is 0 Å². The number of hydrogen-bond donors (Lipinski definition) is 0. The molecule has 0 aromatic heterocycles. The van der Waals surface area contributed by atoms with Crippen molar-refractivity contribution >= 4 is 10.0 Å². The number of rotatable bonds is 3. The quantitative estimate of drug-likeness (QED) is 0.636. The summed E-state index contributed by atoms with van der Waals surface area (Å²) in [6, 6.07) is 0. The predicted octanol–water partition coefficient (Wildman–Crippen LogP) is 0.0568. The molecule has 0 bridgehead atoms. The van der Waals surface area contributed by atoms with Crippen molar-refractivity contribution in [2.24, 2.45) is 0 Å². The smallest absolute Gasteiger partial charge is 0.211 e. The highest BCUT2D eigenvalue weighted by Crippen LogP contribution is 2.14. The monoisotopic (exact) mass is 193 g/mol. The Morgan fingerprint density at radius 3 is 2.67 bits per heavy atom. The van der Waals surface area contributed by atoms with Crippen LogP contribution in [0, 0.1) is 0 Å². The lowest BCUT2D eigenvalue weighted by Crippen LogP contribution is -2.29. The van der Waals surface area contributed by atoms with Gasteiger partial charge in [-0.05, 0) is 13.3 Å². The summed E-state index contributed by atoms with van der Waals surface area (Å²) in [7, 11) is -3.00. The molecule has 0 aromatic rings. The van der Waals surface area contributed by atoms with Gasteiger partial charge in [0.1, 0.15) is 0 Å². The second kappa shape index (κ2) is 3.72. The Balaban J connectivity index is 2.46. The first-order chi connectivity index (χ1) is 5.54. The first kappa shape index (κ1) is 9.95. The lowest BCUT2D eigenvalue weighted by Gasteiger charge is -2.12. The molecule has 1 atom stereocenters. The van der Waals surface area contributed by atoms with Gasteiger partial charge < -0.3 is 4.74 Å². The van der Waals surface area contributed by atoms with Crippen LogP contribution in [0.15, 0.2) is 0 Å². The molecular formula is C7H15NO3S. The van der Waals surface area contributed by atoms with E-state index < -0.39 is 10.0 Å². The minimum atomic E-state index is -3.00. The topological polar surface area (TPSA) is 46.6 Å². The molecule has 5 heteroatoms. The molecule has 0 amide bonds. The Bertz CT molecular complexity index is 237. The van der Waals surface area contributed by atoms with E-state index in [0.717, 1.165) is 6.42 Å². The summed E-state index contributed by atoms with van der Waals surface area (Å²) >= 11 is 0. The minimum Gasteiger partial charge on any atom is -0.377 e. The summed E-state index contributed by atoms with van der Waals surface area (Å²) in [5, 5.41) is 0. The molecule has 1 heterocycles. The first-order valence-electron chi connectivity index (χ1n) is 4.10. The molecule has 1 fully saturated rings. The average molecular weight is 193 g/mol. The SMILES string of the molecule is CCOC1CCN(S(C)(=O)=O)C1. The third-order valence-corrected chi connectivity index (χ3v) is 3.25. The summed E-state index contributed by atoms with van der Waals surface area (Å²) in [5.74, 6) is 0. The van der Waals surface area contributed by atoms with Crippen molar-refractivity contribution < 1.29 is 13.2 Å². The molecule has 12 heavy (non-hydrogen) atoms. The van der Waals surface area contributed by atoms with Gasteiger partial charge in [-0.2, -0.15) is 4.31 Å². The van der Waals surface area contributed by atoms with Gasteiger partial charge in [0.2, 0.25) is 10.0 Å². The second-order valence-corrected chi connectivity index (χ2v) is 4.97. The lowest BCUT2D eigenvalue weighted by atomic mass is 10.3. The standard InChI is InChI=1S/C7H15NO3S/c1-3-11-7-4-5-8(6-7)12(2,9)10/h7H,3-6H2,1-2H3. The van der Waals surface area contributed by atoms with Crippen LogP contribution in [0.3, 0.4) is 0 Å². The van der Waals surface area contributed by atoms with Gasteiger partial charge in [0, 0.05) is 19.7 Å². The van der Waals surface area contributed by atoms with Crippen LogP contribution in [-0.2, 0) is 14.8 Å². The van der Waals surface area contributed by atoms with Gasteiger partial charge in [0.05, 0.1) is 12.4 Å². The van der Waals surface area contributed by atoms with Gasteiger partial charge in [-0.3, -0.25) is 0 Å². The number of hydrogen-bond acceptors (Lipinski definition) is 3. The second-order valence-electron chi connectivity index (χ2n) is 2.99. The van der Waals surface area contributed by atoms with Gasteiger partial charge in [0.15, 0.2) is 0 Å². The van der Waals surface area contributed by atoms with Crippen molar-refractivity contribution in [3.8, 4) is 0 Å². The summed E-state index contributed by atoms with van der Waals surface area (Å²) in [5.41, 5.74) is 0. The summed E-state index contributed by atoms with van der Waals surface area (Å²) in [4.78, 5) is 0. The van der Waals surface area contributed by atoms with E-state index in [0.29, 0.717) is 19.7 Å². The molecule has 0 aromatic carbocycles. The third-order valence-electron chi connectivity index (χ3n) is 1.98. The highest BCUT2D eigenvalue weighted by atomic mass is 32.2. The fourth-order valence-corrected chi connectivity index (χ4v) is 2.24. The third kappa shape index (κ3) is 2.43. The van der Waals surface area contributed by atoms with Gasteiger partial charge in [0.25, 0.3) is 0 Å². The molecule has 1 saturated heterocycles. The normalized spacial score (nSPS) is 26.3. The van der Waals surface area contributed by atoms with E-state index in [-0.39, 0.29) is 6.10 Å². The maximum absolute atomic E-state index is 11.1. The van der Waals surface area contributed by atoms with E-state index in [1.807, 2.05) is 6.92 Å². The molecular weight excluding hydrogens is 178 g/mol. The van der Waals surface area contributed by atoms with Crippen molar-refractivity contribution in [1.29, 1.82) is 0 Å². The summed E-state index contributed by atoms with van der Waals surface area (Å²) in [6.07, 6.45) is 2.16. The Morgan fingerprint density at radius 1 is 1.58 bits per heavy atom. The molecule has 1 aliphatic rings. The van der Waals surface area contributed by atoms with E-state index >= 15 is 0 Å². The molecule has 1 unspecified atom stereocenters. The zero-order valence-electron chi connectivity index (χ0n) is 7.49. The molecule has 1 rings (SSSR count). The molecule has 0 saturated carbocycles. The Kier molecular flexibility index (Phi) is 3.09. The molecule has 0 aliphatic carbocycles. The minimum absolute atomic E-state index is 0.102.